The summed E-state index contributed by atoms with van der Waals surface area (Å²) in [6.07, 6.45) is 4.41. The van der Waals surface area contributed by atoms with Gasteiger partial charge < -0.3 is 5.32 Å². The molecule has 1 atom stereocenters. The van der Waals surface area contributed by atoms with Gasteiger partial charge in [0.15, 0.2) is 0 Å². The standard InChI is InChI=1S/C23H26FN5O/c1-16-26-27-28-29(16)22(15-17-7-11-20(24)12-8-17)23(30)25-21-13-9-19(10-14-21)18-5-3-2-4-6-18/h2-8,11-12,19,21-22H,9-10,13-15H2,1H3,(H,25,30). The molecule has 1 aliphatic carbocycles. The van der Waals surface area contributed by atoms with E-state index in [1.807, 2.05) is 6.07 Å². The monoisotopic (exact) mass is 407 g/mol. The van der Waals surface area contributed by atoms with Gasteiger partial charge in [0.1, 0.15) is 17.7 Å². The summed E-state index contributed by atoms with van der Waals surface area (Å²) in [5.41, 5.74) is 2.24. The molecule has 1 amide bonds. The molecule has 156 valence electrons. The first kappa shape index (κ1) is 20.2. The van der Waals surface area contributed by atoms with Crippen LogP contribution in [0, 0.1) is 12.7 Å². The van der Waals surface area contributed by atoms with E-state index in [1.165, 1.54) is 17.7 Å². The van der Waals surface area contributed by atoms with Gasteiger partial charge in [-0.3, -0.25) is 4.79 Å². The number of nitrogens with zero attached hydrogens (tertiary/aromatic N) is 4. The SMILES string of the molecule is Cc1nnnn1C(Cc1ccc(F)cc1)C(=O)NC1CCC(c2ccccc2)CC1. The van der Waals surface area contributed by atoms with Crippen LogP contribution < -0.4 is 5.32 Å². The lowest BCUT2D eigenvalue weighted by Gasteiger charge is -2.30. The van der Waals surface area contributed by atoms with Gasteiger partial charge in [-0.25, -0.2) is 9.07 Å². The van der Waals surface area contributed by atoms with Crippen LogP contribution in [0.3, 0.4) is 0 Å². The number of carbonyl (C=O) groups is 1. The zero-order valence-corrected chi connectivity index (χ0v) is 17.0. The molecule has 3 aromatic rings. The van der Waals surface area contributed by atoms with Crippen LogP contribution in [-0.2, 0) is 11.2 Å². The van der Waals surface area contributed by atoms with Gasteiger partial charge in [0, 0.05) is 12.5 Å². The topological polar surface area (TPSA) is 72.7 Å². The second-order valence-electron chi connectivity index (χ2n) is 7.98. The third kappa shape index (κ3) is 4.72. The number of tetrazole rings is 1. The number of benzene rings is 2. The average molecular weight is 407 g/mol. The van der Waals surface area contributed by atoms with Gasteiger partial charge in [-0.1, -0.05) is 42.5 Å². The molecule has 6 nitrogen and oxygen atoms in total. The first-order valence-electron chi connectivity index (χ1n) is 10.4. The predicted molar refractivity (Wildman–Crippen MR) is 111 cm³/mol. The van der Waals surface area contributed by atoms with Gasteiger partial charge in [-0.2, -0.15) is 0 Å². The van der Waals surface area contributed by atoms with Crippen molar-refractivity contribution in [3.63, 3.8) is 0 Å². The molecule has 0 radical (unpaired) electrons. The highest BCUT2D eigenvalue weighted by atomic mass is 19.1. The highest BCUT2D eigenvalue weighted by Crippen LogP contribution is 2.33. The molecule has 1 N–H and O–H groups in total. The van der Waals surface area contributed by atoms with Crippen LogP contribution in [0.1, 0.15) is 54.6 Å². The molecule has 7 heteroatoms. The average Bonchev–Trinajstić information content (AvgIpc) is 3.20. The summed E-state index contributed by atoms with van der Waals surface area (Å²) in [5.74, 6) is 0.729. The molecule has 1 aromatic heterocycles. The third-order valence-electron chi connectivity index (χ3n) is 5.94. The maximum atomic E-state index is 13.3. The Bertz CT molecular complexity index is 965. The third-order valence-corrected chi connectivity index (χ3v) is 5.94. The molecular formula is C23H26FN5O. The summed E-state index contributed by atoms with van der Waals surface area (Å²) in [4.78, 5) is 13.2. The molecule has 0 bridgehead atoms. The van der Waals surface area contributed by atoms with Crippen LogP contribution in [0.4, 0.5) is 4.39 Å². The second kappa shape index (κ2) is 9.15. The molecule has 0 saturated heterocycles. The Morgan fingerprint density at radius 2 is 1.80 bits per heavy atom. The lowest BCUT2D eigenvalue weighted by Crippen LogP contribution is -2.42. The first-order valence-corrected chi connectivity index (χ1v) is 10.4. The normalized spacial score (nSPS) is 19.9. The largest absolute Gasteiger partial charge is 0.351 e. The van der Waals surface area contributed by atoms with Crippen LogP contribution in [0.5, 0.6) is 0 Å². The molecule has 1 heterocycles. The quantitative estimate of drug-likeness (QED) is 0.676. The fourth-order valence-electron chi connectivity index (χ4n) is 4.25. The number of rotatable bonds is 6. The summed E-state index contributed by atoms with van der Waals surface area (Å²) in [7, 11) is 0. The summed E-state index contributed by atoms with van der Waals surface area (Å²) in [6.45, 7) is 1.77. The smallest absolute Gasteiger partial charge is 0.245 e. The predicted octanol–water partition coefficient (Wildman–Crippen LogP) is 3.75. The zero-order valence-electron chi connectivity index (χ0n) is 17.0. The van der Waals surface area contributed by atoms with Crippen molar-refractivity contribution in [2.75, 3.05) is 0 Å². The Hall–Kier alpha value is -3.09. The van der Waals surface area contributed by atoms with E-state index >= 15 is 0 Å². The van der Waals surface area contributed by atoms with E-state index in [4.69, 9.17) is 0 Å². The van der Waals surface area contributed by atoms with E-state index in [9.17, 15) is 9.18 Å². The number of nitrogens with one attached hydrogen (secondary N) is 1. The van der Waals surface area contributed by atoms with Gasteiger partial charge in [0.2, 0.25) is 5.91 Å². The molecule has 1 fully saturated rings. The summed E-state index contributed by atoms with van der Waals surface area (Å²) in [6, 6.07) is 16.3. The summed E-state index contributed by atoms with van der Waals surface area (Å²) in [5, 5.41) is 14.8. The molecule has 1 saturated carbocycles. The Kier molecular flexibility index (Phi) is 6.16. The number of halogens is 1. The minimum absolute atomic E-state index is 0.0992. The zero-order chi connectivity index (χ0) is 20.9. The van der Waals surface area contributed by atoms with Crippen LogP contribution in [-0.4, -0.2) is 32.2 Å². The van der Waals surface area contributed by atoms with Crippen LogP contribution in [0.25, 0.3) is 0 Å². The number of carbonyl (C=O) groups excluding carboxylic acids is 1. The first-order chi connectivity index (χ1) is 14.6. The highest BCUT2D eigenvalue weighted by molar-refractivity contribution is 5.80. The second-order valence-corrected chi connectivity index (χ2v) is 7.98. The van der Waals surface area contributed by atoms with Gasteiger partial charge in [-0.15, -0.1) is 5.10 Å². The van der Waals surface area contributed by atoms with E-state index in [2.05, 4.69) is 45.1 Å². The lowest BCUT2D eigenvalue weighted by molar-refractivity contribution is -0.125. The molecule has 1 unspecified atom stereocenters. The molecule has 0 spiro atoms. The van der Waals surface area contributed by atoms with Crippen molar-refractivity contribution in [3.8, 4) is 0 Å². The van der Waals surface area contributed by atoms with Crippen molar-refractivity contribution in [2.24, 2.45) is 0 Å². The fraction of sp³-hybridized carbons (Fsp3) is 0.391. The fourth-order valence-corrected chi connectivity index (χ4v) is 4.25. The Balaban J connectivity index is 1.42. The summed E-state index contributed by atoms with van der Waals surface area (Å²) < 4.78 is 14.8. The van der Waals surface area contributed by atoms with Gasteiger partial charge in [0.05, 0.1) is 0 Å². The molecular weight excluding hydrogens is 381 g/mol. The molecule has 0 aliphatic heterocycles. The maximum Gasteiger partial charge on any atom is 0.245 e. The highest BCUT2D eigenvalue weighted by Gasteiger charge is 2.29. The van der Waals surface area contributed by atoms with E-state index in [1.54, 1.807) is 23.7 Å². The van der Waals surface area contributed by atoms with E-state index in [0.29, 0.717) is 18.2 Å². The van der Waals surface area contributed by atoms with Crippen molar-refractivity contribution in [1.29, 1.82) is 0 Å². The van der Waals surface area contributed by atoms with Crippen molar-refractivity contribution < 1.29 is 9.18 Å². The van der Waals surface area contributed by atoms with E-state index < -0.39 is 6.04 Å². The van der Waals surface area contributed by atoms with Gasteiger partial charge in [-0.05, 0) is 72.2 Å². The Morgan fingerprint density at radius 3 is 2.43 bits per heavy atom. The maximum absolute atomic E-state index is 13.3. The van der Waals surface area contributed by atoms with Crippen LogP contribution in [0.2, 0.25) is 0 Å². The molecule has 2 aromatic carbocycles. The Labute approximate surface area is 175 Å². The number of aryl methyl sites for hydroxylation is 1. The van der Waals surface area contributed by atoms with E-state index in [-0.39, 0.29) is 17.8 Å². The summed E-state index contributed by atoms with van der Waals surface area (Å²) >= 11 is 0. The van der Waals surface area contributed by atoms with E-state index in [0.717, 1.165) is 31.2 Å². The van der Waals surface area contributed by atoms with Crippen LogP contribution in [0.15, 0.2) is 54.6 Å². The number of amides is 1. The van der Waals surface area contributed by atoms with Gasteiger partial charge in [0.25, 0.3) is 0 Å². The minimum atomic E-state index is -0.572. The molecule has 1 aliphatic rings. The van der Waals surface area contributed by atoms with Crippen molar-refractivity contribution in [2.45, 2.75) is 57.0 Å². The van der Waals surface area contributed by atoms with Crippen LogP contribution >= 0.6 is 0 Å². The molecule has 4 rings (SSSR count). The number of aromatic nitrogens is 4. The minimum Gasteiger partial charge on any atom is -0.351 e. The van der Waals surface area contributed by atoms with Gasteiger partial charge >= 0.3 is 0 Å². The Morgan fingerprint density at radius 1 is 1.10 bits per heavy atom. The molecule has 30 heavy (non-hydrogen) atoms. The van der Waals surface area contributed by atoms with Crippen molar-refractivity contribution in [3.05, 3.63) is 77.4 Å². The van der Waals surface area contributed by atoms with Crippen molar-refractivity contribution >= 4 is 5.91 Å². The van der Waals surface area contributed by atoms with Crippen molar-refractivity contribution in [1.82, 2.24) is 25.5 Å². The number of hydrogen-bond donors (Lipinski definition) is 1. The number of hydrogen-bond acceptors (Lipinski definition) is 4. The lowest BCUT2D eigenvalue weighted by atomic mass is 9.81.